The summed E-state index contributed by atoms with van der Waals surface area (Å²) in [5.41, 5.74) is 0. The van der Waals surface area contributed by atoms with Crippen LogP contribution >= 0.6 is 0 Å². The Hall–Kier alpha value is -1.16. The normalized spacial score (nSPS) is 49.0. The highest BCUT2D eigenvalue weighted by Crippen LogP contribution is 2.32. The molecule has 15 unspecified atom stereocenters. The molecule has 3 fully saturated rings. The van der Waals surface area contributed by atoms with E-state index in [1.54, 1.807) is 0 Å². The van der Waals surface area contributed by atoms with Gasteiger partial charge in [0.15, 0.2) is 12.6 Å². The van der Waals surface area contributed by atoms with Gasteiger partial charge in [-0.1, -0.05) is 0 Å². The molecule has 0 aromatic rings. The fourth-order valence-electron chi connectivity index (χ4n) is 4.43. The standard InChI is InChI=1S/C20H34FNO15/c1-5(26)22-9-12(29)10(27)6(2-23)34-19(9)37-17-11(28)7(3-24)35-20(15(17)32)36-16-8(4-25)33-18(21)14(31)13(16)30/h6-20,23-25,27-32H,2-4H2,1H3,(H,22,26). The van der Waals surface area contributed by atoms with Crippen LogP contribution in [-0.2, 0) is 28.5 Å². The van der Waals surface area contributed by atoms with Crippen molar-refractivity contribution in [2.75, 3.05) is 19.8 Å². The van der Waals surface area contributed by atoms with Crippen LogP contribution in [0.2, 0.25) is 0 Å². The lowest BCUT2D eigenvalue weighted by Crippen LogP contribution is -2.68. The number of aliphatic hydroxyl groups is 9. The Balaban J connectivity index is 1.83. The molecule has 0 radical (unpaired) electrons. The third-order valence-electron chi connectivity index (χ3n) is 6.46. The van der Waals surface area contributed by atoms with Crippen LogP contribution in [0.1, 0.15) is 6.92 Å². The Morgan fingerprint density at radius 1 is 0.703 bits per heavy atom. The number of nitrogens with one attached hydrogen (secondary N) is 1. The average molecular weight is 547 g/mol. The third kappa shape index (κ3) is 6.36. The number of hydrogen-bond donors (Lipinski definition) is 10. The summed E-state index contributed by atoms with van der Waals surface area (Å²) in [5.74, 6) is -0.663. The molecule has 0 aromatic heterocycles. The largest absolute Gasteiger partial charge is 0.394 e. The van der Waals surface area contributed by atoms with Crippen LogP contribution in [0.5, 0.6) is 0 Å². The van der Waals surface area contributed by atoms with E-state index in [2.05, 4.69) is 5.32 Å². The maximum absolute atomic E-state index is 13.8. The lowest BCUT2D eigenvalue weighted by atomic mass is 9.95. The van der Waals surface area contributed by atoms with E-state index in [0.717, 1.165) is 6.92 Å². The number of carbonyl (C=O) groups is 1. The van der Waals surface area contributed by atoms with Crippen molar-refractivity contribution in [2.45, 2.75) is 99.0 Å². The van der Waals surface area contributed by atoms with Gasteiger partial charge in [0, 0.05) is 6.92 Å². The van der Waals surface area contributed by atoms with Gasteiger partial charge < -0.3 is 75.0 Å². The van der Waals surface area contributed by atoms with Gasteiger partial charge in [0.2, 0.25) is 12.3 Å². The van der Waals surface area contributed by atoms with Crippen LogP contribution in [0.3, 0.4) is 0 Å². The number of amides is 1. The van der Waals surface area contributed by atoms with E-state index >= 15 is 0 Å². The highest BCUT2D eigenvalue weighted by molar-refractivity contribution is 5.73. The molecule has 0 aromatic carbocycles. The molecule has 3 heterocycles. The predicted molar refractivity (Wildman–Crippen MR) is 112 cm³/mol. The second-order valence-corrected chi connectivity index (χ2v) is 9.03. The topological polar surface area (TPSA) is 257 Å². The fraction of sp³-hybridized carbons (Fsp3) is 0.950. The maximum atomic E-state index is 13.8. The lowest BCUT2D eigenvalue weighted by molar-refractivity contribution is -0.369. The van der Waals surface area contributed by atoms with Gasteiger partial charge in [0.1, 0.15) is 73.2 Å². The van der Waals surface area contributed by atoms with Gasteiger partial charge in [-0.15, -0.1) is 0 Å². The first-order valence-electron chi connectivity index (χ1n) is 11.5. The van der Waals surface area contributed by atoms with Crippen LogP contribution in [0.15, 0.2) is 0 Å². The van der Waals surface area contributed by atoms with Crippen molar-refractivity contribution in [1.82, 2.24) is 5.32 Å². The van der Waals surface area contributed by atoms with Crippen molar-refractivity contribution in [2.24, 2.45) is 0 Å². The summed E-state index contributed by atoms with van der Waals surface area (Å²) >= 11 is 0. The minimum absolute atomic E-state index is 0.663. The molecule has 216 valence electrons. The third-order valence-corrected chi connectivity index (χ3v) is 6.46. The lowest BCUT2D eigenvalue weighted by Gasteiger charge is -2.48. The van der Waals surface area contributed by atoms with Crippen molar-refractivity contribution >= 4 is 5.91 Å². The number of carbonyl (C=O) groups excluding carboxylic acids is 1. The van der Waals surface area contributed by atoms with E-state index in [1.807, 2.05) is 0 Å². The van der Waals surface area contributed by atoms with Crippen LogP contribution < -0.4 is 5.32 Å². The van der Waals surface area contributed by atoms with Crippen LogP contribution in [0, 0.1) is 0 Å². The average Bonchev–Trinajstić information content (AvgIpc) is 2.86. The summed E-state index contributed by atoms with van der Waals surface area (Å²) in [6.45, 7) is -1.36. The second-order valence-electron chi connectivity index (χ2n) is 9.03. The quantitative estimate of drug-likeness (QED) is 0.135. The summed E-state index contributed by atoms with van der Waals surface area (Å²) in [6, 6.07) is -1.44. The Morgan fingerprint density at radius 3 is 1.81 bits per heavy atom. The van der Waals surface area contributed by atoms with E-state index in [1.165, 1.54) is 0 Å². The number of hydrogen-bond acceptors (Lipinski definition) is 15. The molecule has 1 amide bonds. The Bertz CT molecular complexity index is 751. The van der Waals surface area contributed by atoms with Crippen LogP contribution in [0.25, 0.3) is 0 Å². The molecule has 15 atom stereocenters. The van der Waals surface area contributed by atoms with Crippen molar-refractivity contribution in [3.63, 3.8) is 0 Å². The number of aliphatic hydroxyl groups excluding tert-OH is 9. The summed E-state index contributed by atoms with van der Waals surface area (Å²) in [7, 11) is 0. The zero-order valence-electron chi connectivity index (χ0n) is 19.6. The van der Waals surface area contributed by atoms with Gasteiger partial charge in [0.05, 0.1) is 19.8 Å². The van der Waals surface area contributed by atoms with Gasteiger partial charge in [-0.05, 0) is 0 Å². The molecule has 17 heteroatoms. The molecule has 16 nitrogen and oxygen atoms in total. The van der Waals surface area contributed by atoms with Gasteiger partial charge in [-0.3, -0.25) is 4.79 Å². The highest BCUT2D eigenvalue weighted by Gasteiger charge is 2.53. The molecule has 3 aliphatic rings. The predicted octanol–water partition coefficient (Wildman–Crippen LogP) is -6.45. The van der Waals surface area contributed by atoms with E-state index < -0.39 is 118 Å². The van der Waals surface area contributed by atoms with E-state index in [4.69, 9.17) is 23.7 Å². The molecule has 10 N–H and O–H groups in total. The Morgan fingerprint density at radius 2 is 1.24 bits per heavy atom. The first-order valence-corrected chi connectivity index (χ1v) is 11.5. The summed E-state index contributed by atoms with van der Waals surface area (Å²) in [6.07, 6.45) is -24.6. The molecule has 3 saturated heterocycles. The number of ether oxygens (including phenoxy) is 5. The molecule has 3 rings (SSSR count). The van der Waals surface area contributed by atoms with Crippen LogP contribution in [-0.4, -0.2) is 164 Å². The molecular formula is C20H34FNO15. The monoisotopic (exact) mass is 547 g/mol. The minimum Gasteiger partial charge on any atom is -0.394 e. The van der Waals surface area contributed by atoms with E-state index in [-0.39, 0.29) is 0 Å². The smallest absolute Gasteiger partial charge is 0.228 e. The van der Waals surface area contributed by atoms with Crippen molar-refractivity contribution < 1.29 is 78.8 Å². The van der Waals surface area contributed by atoms with Gasteiger partial charge >= 0.3 is 0 Å². The Kier molecular flexibility index (Phi) is 10.5. The van der Waals surface area contributed by atoms with Crippen LogP contribution in [0.4, 0.5) is 4.39 Å². The highest BCUT2D eigenvalue weighted by atomic mass is 19.1. The zero-order chi connectivity index (χ0) is 27.6. The van der Waals surface area contributed by atoms with Gasteiger partial charge in [-0.25, -0.2) is 4.39 Å². The molecular weight excluding hydrogens is 513 g/mol. The number of rotatable bonds is 8. The first-order chi connectivity index (χ1) is 17.4. The van der Waals surface area contributed by atoms with E-state index in [0.29, 0.717) is 0 Å². The molecule has 37 heavy (non-hydrogen) atoms. The Labute approximate surface area is 209 Å². The SMILES string of the molecule is CC(=O)NC1C(OC2C(O)C(CO)OC(OC3C(CO)OC(F)C(O)C3O)C2O)OC(CO)C(O)C1O. The summed E-state index contributed by atoms with van der Waals surface area (Å²) in [5, 5.41) is 93.2. The zero-order valence-corrected chi connectivity index (χ0v) is 19.6. The summed E-state index contributed by atoms with van der Waals surface area (Å²) in [4.78, 5) is 11.7. The molecule has 3 aliphatic heterocycles. The molecule has 0 saturated carbocycles. The summed E-state index contributed by atoms with van der Waals surface area (Å²) < 4.78 is 40.4. The first kappa shape index (κ1) is 30.4. The van der Waals surface area contributed by atoms with E-state index in [9.17, 15) is 55.1 Å². The van der Waals surface area contributed by atoms with Crippen molar-refractivity contribution in [3.05, 3.63) is 0 Å². The molecule has 0 bridgehead atoms. The van der Waals surface area contributed by atoms with Gasteiger partial charge in [0.25, 0.3) is 0 Å². The minimum atomic E-state index is -2.34. The maximum Gasteiger partial charge on any atom is 0.228 e. The fourth-order valence-corrected chi connectivity index (χ4v) is 4.43. The van der Waals surface area contributed by atoms with Crippen molar-refractivity contribution in [1.29, 1.82) is 0 Å². The van der Waals surface area contributed by atoms with Gasteiger partial charge in [-0.2, -0.15) is 0 Å². The number of halogens is 1. The molecule has 0 aliphatic carbocycles. The second kappa shape index (κ2) is 12.8. The number of alkyl halides is 1. The van der Waals surface area contributed by atoms with Crippen molar-refractivity contribution in [3.8, 4) is 0 Å². The molecule has 0 spiro atoms.